The highest BCUT2D eigenvalue weighted by Crippen LogP contribution is 2.30. The van der Waals surface area contributed by atoms with Gasteiger partial charge in [0.15, 0.2) is 0 Å². The molecule has 2 fully saturated rings. The fourth-order valence-electron chi connectivity index (χ4n) is 2.94. The molecule has 2 saturated heterocycles. The smallest absolute Gasteiger partial charge is 0.223 e. The zero-order valence-electron chi connectivity index (χ0n) is 9.76. The average molecular weight is 251 g/mol. The standard InChI is InChI=1S/C12H17N3OS/c16-12-2-1-9-5-13-4-3-11(9)15(12)7-10-6-14-8-17-10/h6,8-9,11,13H,1-5,7H2. The molecule has 4 nitrogen and oxygen atoms in total. The van der Waals surface area contributed by atoms with E-state index in [4.69, 9.17) is 0 Å². The van der Waals surface area contributed by atoms with E-state index in [0.29, 0.717) is 24.3 Å². The van der Waals surface area contributed by atoms with Crippen LogP contribution in [0, 0.1) is 5.92 Å². The van der Waals surface area contributed by atoms with Crippen molar-refractivity contribution in [3.05, 3.63) is 16.6 Å². The van der Waals surface area contributed by atoms with Gasteiger partial charge in [0.2, 0.25) is 5.91 Å². The Morgan fingerprint density at radius 2 is 2.47 bits per heavy atom. The second kappa shape index (κ2) is 4.74. The maximum absolute atomic E-state index is 12.1. The first-order valence-corrected chi connectivity index (χ1v) is 7.10. The third kappa shape index (κ3) is 2.21. The SMILES string of the molecule is O=C1CCC2CNCCC2N1Cc1cncs1. The van der Waals surface area contributed by atoms with Gasteiger partial charge in [-0.05, 0) is 31.8 Å². The average Bonchev–Trinajstić information content (AvgIpc) is 2.86. The maximum Gasteiger partial charge on any atom is 0.223 e. The van der Waals surface area contributed by atoms with Crippen molar-refractivity contribution >= 4 is 17.2 Å². The number of nitrogens with one attached hydrogen (secondary N) is 1. The Kier molecular flexibility index (Phi) is 3.11. The molecule has 1 aromatic rings. The van der Waals surface area contributed by atoms with Crippen LogP contribution in [0.3, 0.4) is 0 Å². The van der Waals surface area contributed by atoms with Crippen LogP contribution < -0.4 is 5.32 Å². The van der Waals surface area contributed by atoms with E-state index in [0.717, 1.165) is 32.5 Å². The first-order chi connectivity index (χ1) is 8.34. The summed E-state index contributed by atoms with van der Waals surface area (Å²) in [5.41, 5.74) is 1.84. The van der Waals surface area contributed by atoms with E-state index in [-0.39, 0.29) is 0 Å². The first kappa shape index (κ1) is 11.2. The van der Waals surface area contributed by atoms with Gasteiger partial charge >= 0.3 is 0 Å². The number of carbonyl (C=O) groups is 1. The molecule has 0 bridgehead atoms. The Balaban J connectivity index is 1.76. The van der Waals surface area contributed by atoms with Gasteiger partial charge in [0, 0.05) is 23.5 Å². The topological polar surface area (TPSA) is 45.2 Å². The van der Waals surface area contributed by atoms with Crippen molar-refractivity contribution in [1.82, 2.24) is 15.2 Å². The number of fused-ring (bicyclic) bond motifs is 1. The minimum Gasteiger partial charge on any atom is -0.334 e. The van der Waals surface area contributed by atoms with Gasteiger partial charge in [0.1, 0.15) is 0 Å². The van der Waals surface area contributed by atoms with Gasteiger partial charge in [0.25, 0.3) is 0 Å². The maximum atomic E-state index is 12.1. The molecule has 5 heteroatoms. The Labute approximate surface area is 105 Å². The van der Waals surface area contributed by atoms with E-state index in [2.05, 4.69) is 15.2 Å². The molecule has 2 aliphatic heterocycles. The predicted octanol–water partition coefficient (Wildman–Crippen LogP) is 1.24. The van der Waals surface area contributed by atoms with Gasteiger partial charge in [0.05, 0.1) is 12.1 Å². The number of piperidine rings is 2. The number of hydrogen-bond donors (Lipinski definition) is 1. The molecule has 2 unspecified atom stereocenters. The number of hydrogen-bond acceptors (Lipinski definition) is 4. The number of likely N-dealkylation sites (tertiary alicyclic amines) is 1. The molecule has 92 valence electrons. The zero-order valence-corrected chi connectivity index (χ0v) is 10.6. The fourth-order valence-corrected chi connectivity index (χ4v) is 3.54. The van der Waals surface area contributed by atoms with Crippen LogP contribution in [-0.2, 0) is 11.3 Å². The van der Waals surface area contributed by atoms with E-state index < -0.39 is 0 Å². The Hall–Kier alpha value is -0.940. The lowest BCUT2D eigenvalue weighted by atomic mass is 9.84. The van der Waals surface area contributed by atoms with E-state index in [1.165, 1.54) is 4.88 Å². The lowest BCUT2D eigenvalue weighted by Crippen LogP contribution is -2.54. The van der Waals surface area contributed by atoms with E-state index in [1.807, 2.05) is 11.7 Å². The highest BCUT2D eigenvalue weighted by atomic mass is 32.1. The molecule has 3 heterocycles. The lowest BCUT2D eigenvalue weighted by Gasteiger charge is -2.44. The van der Waals surface area contributed by atoms with Crippen LogP contribution in [0.2, 0.25) is 0 Å². The van der Waals surface area contributed by atoms with Crippen LogP contribution in [-0.4, -0.2) is 34.9 Å². The van der Waals surface area contributed by atoms with Crippen molar-refractivity contribution in [2.45, 2.75) is 31.8 Å². The van der Waals surface area contributed by atoms with Gasteiger partial charge in [-0.15, -0.1) is 11.3 Å². The zero-order chi connectivity index (χ0) is 11.7. The summed E-state index contributed by atoms with van der Waals surface area (Å²) in [4.78, 5) is 19.4. The third-order valence-corrected chi connectivity index (χ3v) is 4.59. The van der Waals surface area contributed by atoms with Gasteiger partial charge in [-0.1, -0.05) is 0 Å². The van der Waals surface area contributed by atoms with Crippen molar-refractivity contribution in [2.24, 2.45) is 5.92 Å². The molecule has 2 aliphatic rings. The summed E-state index contributed by atoms with van der Waals surface area (Å²) >= 11 is 1.64. The summed E-state index contributed by atoms with van der Waals surface area (Å²) < 4.78 is 0. The molecule has 0 spiro atoms. The highest BCUT2D eigenvalue weighted by molar-refractivity contribution is 7.09. The van der Waals surface area contributed by atoms with Crippen LogP contribution in [0.5, 0.6) is 0 Å². The number of amides is 1. The summed E-state index contributed by atoms with van der Waals surface area (Å²) in [5.74, 6) is 0.968. The minimum absolute atomic E-state index is 0.321. The molecule has 3 rings (SSSR count). The second-order valence-electron chi connectivity index (χ2n) is 4.85. The molecule has 0 aliphatic carbocycles. The molecule has 17 heavy (non-hydrogen) atoms. The summed E-state index contributed by atoms with van der Waals surface area (Å²) in [6.45, 7) is 2.86. The minimum atomic E-state index is 0.321. The van der Waals surface area contributed by atoms with Crippen molar-refractivity contribution in [3.63, 3.8) is 0 Å². The highest BCUT2D eigenvalue weighted by Gasteiger charge is 2.36. The molecular formula is C12H17N3OS. The summed E-state index contributed by atoms with van der Waals surface area (Å²) in [7, 11) is 0. The van der Waals surface area contributed by atoms with Gasteiger partial charge < -0.3 is 10.2 Å². The van der Waals surface area contributed by atoms with E-state index in [1.54, 1.807) is 11.3 Å². The predicted molar refractivity (Wildman–Crippen MR) is 66.7 cm³/mol. The Morgan fingerprint density at radius 3 is 3.29 bits per heavy atom. The van der Waals surface area contributed by atoms with Crippen LogP contribution in [0.1, 0.15) is 24.1 Å². The van der Waals surface area contributed by atoms with Crippen LogP contribution in [0.25, 0.3) is 0 Å². The molecule has 0 radical (unpaired) electrons. The largest absolute Gasteiger partial charge is 0.334 e. The van der Waals surface area contributed by atoms with Crippen molar-refractivity contribution in [1.29, 1.82) is 0 Å². The van der Waals surface area contributed by atoms with Crippen LogP contribution in [0.15, 0.2) is 11.7 Å². The quantitative estimate of drug-likeness (QED) is 0.860. The number of thiazole rings is 1. The number of aromatic nitrogens is 1. The third-order valence-electron chi connectivity index (χ3n) is 3.83. The number of carbonyl (C=O) groups excluding carboxylic acids is 1. The van der Waals surface area contributed by atoms with Crippen LogP contribution >= 0.6 is 11.3 Å². The summed E-state index contributed by atoms with van der Waals surface area (Å²) in [6.07, 6.45) is 4.73. The fraction of sp³-hybridized carbons (Fsp3) is 0.667. The molecule has 1 N–H and O–H groups in total. The Morgan fingerprint density at radius 1 is 1.53 bits per heavy atom. The van der Waals surface area contributed by atoms with Gasteiger partial charge in [-0.2, -0.15) is 0 Å². The molecule has 1 amide bonds. The second-order valence-corrected chi connectivity index (χ2v) is 5.82. The van der Waals surface area contributed by atoms with Crippen molar-refractivity contribution < 1.29 is 4.79 Å². The lowest BCUT2D eigenvalue weighted by molar-refractivity contribution is -0.140. The molecule has 0 aromatic carbocycles. The van der Waals surface area contributed by atoms with Gasteiger partial charge in [-0.3, -0.25) is 9.78 Å². The normalized spacial score (nSPS) is 29.2. The van der Waals surface area contributed by atoms with Crippen molar-refractivity contribution in [3.8, 4) is 0 Å². The summed E-state index contributed by atoms with van der Waals surface area (Å²) in [6, 6.07) is 0.444. The van der Waals surface area contributed by atoms with Crippen LogP contribution in [0.4, 0.5) is 0 Å². The molecule has 0 saturated carbocycles. The molecule has 1 aromatic heterocycles. The molecule has 2 atom stereocenters. The first-order valence-electron chi connectivity index (χ1n) is 6.22. The number of nitrogens with zero attached hydrogens (tertiary/aromatic N) is 2. The molecular weight excluding hydrogens is 234 g/mol. The Bertz CT molecular complexity index is 392. The monoisotopic (exact) mass is 251 g/mol. The van der Waals surface area contributed by atoms with E-state index >= 15 is 0 Å². The van der Waals surface area contributed by atoms with E-state index in [9.17, 15) is 4.79 Å². The van der Waals surface area contributed by atoms with Gasteiger partial charge in [-0.25, -0.2) is 0 Å². The number of rotatable bonds is 2. The van der Waals surface area contributed by atoms with Crippen molar-refractivity contribution in [2.75, 3.05) is 13.1 Å². The summed E-state index contributed by atoms with van der Waals surface area (Å²) in [5, 5.41) is 3.43.